The number of aryl methyl sites for hydroxylation is 2. The zero-order chi connectivity index (χ0) is 14.2. The predicted octanol–water partition coefficient (Wildman–Crippen LogP) is 2.65. The molecule has 0 aliphatic heterocycles. The third kappa shape index (κ3) is 6.06. The lowest BCUT2D eigenvalue weighted by molar-refractivity contribution is -0.120. The van der Waals surface area contributed by atoms with E-state index in [0.717, 1.165) is 25.1 Å². The molecule has 0 atom stereocenters. The van der Waals surface area contributed by atoms with Crippen LogP contribution in [0.4, 0.5) is 0 Å². The number of carbonyl (C=O) groups is 1. The van der Waals surface area contributed by atoms with Gasteiger partial charge in [0.1, 0.15) is 0 Å². The lowest BCUT2D eigenvalue weighted by Gasteiger charge is -2.16. The van der Waals surface area contributed by atoms with E-state index in [1.807, 2.05) is 0 Å². The van der Waals surface area contributed by atoms with Gasteiger partial charge in [0, 0.05) is 13.1 Å². The van der Waals surface area contributed by atoms with Gasteiger partial charge < -0.3 is 10.6 Å². The van der Waals surface area contributed by atoms with Crippen LogP contribution in [0.1, 0.15) is 42.9 Å². The zero-order valence-electron chi connectivity index (χ0n) is 12.9. The van der Waals surface area contributed by atoms with Crippen molar-refractivity contribution in [1.82, 2.24) is 10.6 Å². The number of hydrogen-bond acceptors (Lipinski definition) is 2. The average molecular weight is 311 g/mol. The van der Waals surface area contributed by atoms with Crippen LogP contribution in [0.5, 0.6) is 0 Å². The van der Waals surface area contributed by atoms with Crippen LogP contribution in [0.3, 0.4) is 0 Å². The Balaban J connectivity index is 0.00000220. The summed E-state index contributed by atoms with van der Waals surface area (Å²) in [6.45, 7) is 4.72. The van der Waals surface area contributed by atoms with Crippen LogP contribution >= 0.6 is 12.4 Å². The first-order valence-corrected chi connectivity index (χ1v) is 7.87. The standard InChI is InChI=1S/C17H26N2O.ClH/c1-2-9-18-10-11-19-17(20)13-14-7-8-15-5-3-4-6-16(15)12-14;/h7-8,12,18H,2-6,9-11,13H2,1H3,(H,19,20);1H. The van der Waals surface area contributed by atoms with Crippen LogP contribution < -0.4 is 10.6 Å². The van der Waals surface area contributed by atoms with E-state index in [1.54, 1.807) is 0 Å². The summed E-state index contributed by atoms with van der Waals surface area (Å²) >= 11 is 0. The number of carbonyl (C=O) groups excluding carboxylic acids is 1. The number of rotatable bonds is 7. The Kier molecular flexibility index (Phi) is 8.40. The SMILES string of the molecule is CCCNCCNC(=O)Cc1ccc2c(c1)CCCC2.Cl. The van der Waals surface area contributed by atoms with Gasteiger partial charge in [-0.15, -0.1) is 12.4 Å². The van der Waals surface area contributed by atoms with E-state index < -0.39 is 0 Å². The smallest absolute Gasteiger partial charge is 0.224 e. The van der Waals surface area contributed by atoms with Gasteiger partial charge in [-0.25, -0.2) is 0 Å². The van der Waals surface area contributed by atoms with Gasteiger partial charge in [-0.1, -0.05) is 25.1 Å². The van der Waals surface area contributed by atoms with Crippen LogP contribution in [-0.4, -0.2) is 25.5 Å². The molecule has 0 fully saturated rings. The number of nitrogens with one attached hydrogen (secondary N) is 2. The lowest BCUT2D eigenvalue weighted by Crippen LogP contribution is -2.33. The Morgan fingerprint density at radius 3 is 2.62 bits per heavy atom. The Bertz CT molecular complexity index is 448. The third-order valence-electron chi connectivity index (χ3n) is 3.83. The fourth-order valence-corrected chi connectivity index (χ4v) is 2.74. The molecule has 0 radical (unpaired) electrons. The maximum atomic E-state index is 11.9. The van der Waals surface area contributed by atoms with E-state index in [9.17, 15) is 4.79 Å². The van der Waals surface area contributed by atoms with E-state index in [4.69, 9.17) is 0 Å². The molecule has 1 aliphatic carbocycles. The van der Waals surface area contributed by atoms with Crippen molar-refractivity contribution in [1.29, 1.82) is 0 Å². The zero-order valence-corrected chi connectivity index (χ0v) is 13.7. The molecule has 0 saturated heterocycles. The largest absolute Gasteiger partial charge is 0.355 e. The van der Waals surface area contributed by atoms with Gasteiger partial charge in [-0.05, 0) is 55.3 Å². The second-order valence-corrected chi connectivity index (χ2v) is 5.59. The maximum Gasteiger partial charge on any atom is 0.224 e. The van der Waals surface area contributed by atoms with Crippen LogP contribution in [0, 0.1) is 0 Å². The molecule has 2 N–H and O–H groups in total. The van der Waals surface area contributed by atoms with Crippen LogP contribution in [-0.2, 0) is 24.1 Å². The van der Waals surface area contributed by atoms with Crippen LogP contribution in [0.25, 0.3) is 0 Å². The van der Waals surface area contributed by atoms with E-state index in [0.29, 0.717) is 13.0 Å². The second kappa shape index (κ2) is 9.80. The van der Waals surface area contributed by atoms with E-state index in [-0.39, 0.29) is 18.3 Å². The summed E-state index contributed by atoms with van der Waals surface area (Å²) < 4.78 is 0. The molecule has 1 amide bonds. The molecule has 0 aromatic heterocycles. The molecule has 118 valence electrons. The van der Waals surface area contributed by atoms with Crippen molar-refractivity contribution in [2.45, 2.75) is 45.4 Å². The third-order valence-corrected chi connectivity index (χ3v) is 3.83. The number of hydrogen-bond donors (Lipinski definition) is 2. The molecule has 3 nitrogen and oxygen atoms in total. The van der Waals surface area contributed by atoms with Gasteiger partial charge in [0.2, 0.25) is 5.91 Å². The molecule has 1 aromatic carbocycles. The normalized spacial score (nSPS) is 13.2. The topological polar surface area (TPSA) is 41.1 Å². The summed E-state index contributed by atoms with van der Waals surface area (Å²) in [6, 6.07) is 6.54. The Morgan fingerprint density at radius 2 is 1.86 bits per heavy atom. The first-order valence-electron chi connectivity index (χ1n) is 7.87. The molecule has 0 heterocycles. The summed E-state index contributed by atoms with van der Waals surface area (Å²) in [5.41, 5.74) is 4.07. The number of benzene rings is 1. The molecule has 1 aromatic rings. The summed E-state index contributed by atoms with van der Waals surface area (Å²) in [5, 5.41) is 6.25. The number of halogens is 1. The monoisotopic (exact) mass is 310 g/mol. The summed E-state index contributed by atoms with van der Waals surface area (Å²) in [7, 11) is 0. The molecular formula is C17H27ClN2O. The number of amides is 1. The van der Waals surface area contributed by atoms with Crippen molar-refractivity contribution >= 4 is 18.3 Å². The summed E-state index contributed by atoms with van der Waals surface area (Å²) in [5.74, 6) is 0.124. The first kappa shape index (κ1) is 18.0. The lowest BCUT2D eigenvalue weighted by atomic mass is 9.90. The molecular weight excluding hydrogens is 284 g/mol. The maximum absolute atomic E-state index is 11.9. The molecule has 0 spiro atoms. The highest BCUT2D eigenvalue weighted by Gasteiger charge is 2.10. The predicted molar refractivity (Wildman–Crippen MR) is 90.2 cm³/mol. The highest BCUT2D eigenvalue weighted by molar-refractivity contribution is 5.85. The molecule has 0 bridgehead atoms. The van der Waals surface area contributed by atoms with E-state index in [1.165, 1.54) is 36.8 Å². The van der Waals surface area contributed by atoms with Crippen molar-refractivity contribution in [2.24, 2.45) is 0 Å². The van der Waals surface area contributed by atoms with Gasteiger partial charge in [0.25, 0.3) is 0 Å². The van der Waals surface area contributed by atoms with Crippen molar-refractivity contribution in [3.8, 4) is 0 Å². The molecule has 4 heteroatoms. The Labute approximate surface area is 134 Å². The minimum Gasteiger partial charge on any atom is -0.355 e. The van der Waals surface area contributed by atoms with Crippen LogP contribution in [0.2, 0.25) is 0 Å². The van der Waals surface area contributed by atoms with Crippen molar-refractivity contribution in [3.63, 3.8) is 0 Å². The molecule has 1 aliphatic rings. The highest BCUT2D eigenvalue weighted by atomic mass is 35.5. The minimum atomic E-state index is 0. The molecule has 2 rings (SSSR count). The molecule has 21 heavy (non-hydrogen) atoms. The fourth-order valence-electron chi connectivity index (χ4n) is 2.74. The minimum absolute atomic E-state index is 0. The highest BCUT2D eigenvalue weighted by Crippen LogP contribution is 2.22. The number of fused-ring (bicyclic) bond motifs is 1. The van der Waals surface area contributed by atoms with Gasteiger partial charge >= 0.3 is 0 Å². The van der Waals surface area contributed by atoms with Gasteiger partial charge in [0.15, 0.2) is 0 Å². The molecule has 0 saturated carbocycles. The molecule has 0 unspecified atom stereocenters. The van der Waals surface area contributed by atoms with Crippen molar-refractivity contribution in [2.75, 3.05) is 19.6 Å². The van der Waals surface area contributed by atoms with Crippen molar-refractivity contribution < 1.29 is 4.79 Å². The van der Waals surface area contributed by atoms with Gasteiger partial charge in [-0.3, -0.25) is 4.79 Å². The van der Waals surface area contributed by atoms with E-state index in [2.05, 4.69) is 35.8 Å². The average Bonchev–Trinajstić information content (AvgIpc) is 2.47. The Morgan fingerprint density at radius 1 is 1.10 bits per heavy atom. The summed E-state index contributed by atoms with van der Waals surface area (Å²) in [6.07, 6.45) is 6.59. The van der Waals surface area contributed by atoms with E-state index >= 15 is 0 Å². The first-order chi connectivity index (χ1) is 9.79. The summed E-state index contributed by atoms with van der Waals surface area (Å²) in [4.78, 5) is 11.9. The Hall–Kier alpha value is -1.06. The van der Waals surface area contributed by atoms with Crippen LogP contribution in [0.15, 0.2) is 18.2 Å². The fraction of sp³-hybridized carbons (Fsp3) is 0.588. The van der Waals surface area contributed by atoms with Gasteiger partial charge in [-0.2, -0.15) is 0 Å². The second-order valence-electron chi connectivity index (χ2n) is 5.59. The quantitative estimate of drug-likeness (QED) is 0.760. The van der Waals surface area contributed by atoms with Crippen molar-refractivity contribution in [3.05, 3.63) is 34.9 Å². The van der Waals surface area contributed by atoms with Gasteiger partial charge in [0.05, 0.1) is 6.42 Å².